The summed E-state index contributed by atoms with van der Waals surface area (Å²) in [7, 11) is 1.78. The van der Waals surface area contributed by atoms with Gasteiger partial charge >= 0.3 is 6.18 Å². The molecule has 26 heavy (non-hydrogen) atoms. The Morgan fingerprint density at radius 2 is 1.73 bits per heavy atom. The van der Waals surface area contributed by atoms with Crippen molar-refractivity contribution < 1.29 is 13.2 Å². The molecule has 4 nitrogen and oxygen atoms in total. The molecule has 1 unspecified atom stereocenters. The van der Waals surface area contributed by atoms with E-state index in [2.05, 4.69) is 15.2 Å². The summed E-state index contributed by atoms with van der Waals surface area (Å²) in [6.07, 6.45) is -4.49. The van der Waals surface area contributed by atoms with Crippen molar-refractivity contribution in [3.63, 3.8) is 0 Å². The number of hydrogen-bond donors (Lipinski definition) is 0. The zero-order chi connectivity index (χ0) is 18.9. The number of thiazole rings is 1. The second-order valence-electron chi connectivity index (χ2n) is 5.90. The number of halogens is 3. The fourth-order valence-corrected chi connectivity index (χ4v) is 3.71. The molecule has 3 rings (SSSR count). The molecule has 0 amide bonds. The first kappa shape index (κ1) is 18.3. The van der Waals surface area contributed by atoms with E-state index >= 15 is 0 Å². The van der Waals surface area contributed by atoms with Gasteiger partial charge in [0.25, 0.3) is 0 Å². The van der Waals surface area contributed by atoms with Crippen molar-refractivity contribution in [2.75, 3.05) is 11.9 Å². The van der Waals surface area contributed by atoms with E-state index < -0.39 is 11.9 Å². The van der Waals surface area contributed by atoms with Crippen molar-refractivity contribution in [2.45, 2.75) is 26.1 Å². The van der Waals surface area contributed by atoms with E-state index in [0.29, 0.717) is 5.82 Å². The third-order valence-electron chi connectivity index (χ3n) is 4.12. The highest BCUT2D eigenvalue weighted by Gasteiger charge is 2.33. The van der Waals surface area contributed by atoms with Crippen molar-refractivity contribution in [1.82, 2.24) is 15.2 Å². The molecule has 0 aliphatic rings. The number of rotatable bonds is 4. The molecule has 0 saturated carbocycles. The average molecular weight is 378 g/mol. The summed E-state index contributed by atoms with van der Waals surface area (Å²) >= 11 is 1.57. The Hall–Kier alpha value is -2.48. The molecule has 0 aliphatic carbocycles. The number of hydrogen-bond acceptors (Lipinski definition) is 5. The van der Waals surface area contributed by atoms with Gasteiger partial charge in [0.05, 0.1) is 16.6 Å². The fraction of sp³-hybridized carbons (Fsp3) is 0.278. The first-order valence-corrected chi connectivity index (χ1v) is 8.75. The zero-order valence-electron chi connectivity index (χ0n) is 14.4. The largest absolute Gasteiger partial charge is 0.435 e. The Bertz CT molecular complexity index is 876. The van der Waals surface area contributed by atoms with Gasteiger partial charge in [0.1, 0.15) is 5.01 Å². The van der Waals surface area contributed by atoms with Crippen molar-refractivity contribution >= 4 is 17.2 Å². The fourth-order valence-electron chi connectivity index (χ4n) is 2.54. The van der Waals surface area contributed by atoms with Crippen LogP contribution in [-0.4, -0.2) is 22.2 Å². The van der Waals surface area contributed by atoms with Gasteiger partial charge in [0, 0.05) is 12.6 Å². The van der Waals surface area contributed by atoms with Crippen LogP contribution in [0.4, 0.5) is 19.0 Å². The van der Waals surface area contributed by atoms with Crippen LogP contribution in [0.3, 0.4) is 0 Å². The van der Waals surface area contributed by atoms with E-state index in [4.69, 9.17) is 0 Å². The number of aryl methyl sites for hydroxylation is 1. The van der Waals surface area contributed by atoms with Crippen molar-refractivity contribution in [2.24, 2.45) is 0 Å². The minimum Gasteiger partial charge on any atom is -0.351 e. The van der Waals surface area contributed by atoms with E-state index in [1.54, 1.807) is 23.3 Å². The standard InChI is InChI=1S/C18H17F3N4S/c1-11-16(26-17(22-11)13-7-5-4-6-8-13)12(2)25(3)15-10-9-14(23-24-15)18(19,20)21/h4-10,12H,1-3H3. The van der Waals surface area contributed by atoms with Gasteiger partial charge in [-0.25, -0.2) is 4.98 Å². The summed E-state index contributed by atoms with van der Waals surface area (Å²) in [5.41, 5.74) is 0.937. The van der Waals surface area contributed by atoms with Gasteiger partial charge in [0.15, 0.2) is 11.5 Å². The first-order valence-electron chi connectivity index (χ1n) is 7.94. The van der Waals surface area contributed by atoms with Crippen LogP contribution in [-0.2, 0) is 6.18 Å². The van der Waals surface area contributed by atoms with E-state index in [0.717, 1.165) is 27.2 Å². The number of benzene rings is 1. The van der Waals surface area contributed by atoms with Crippen LogP contribution < -0.4 is 4.90 Å². The Balaban J connectivity index is 1.85. The second-order valence-corrected chi connectivity index (χ2v) is 6.93. The van der Waals surface area contributed by atoms with Gasteiger partial charge in [-0.1, -0.05) is 30.3 Å². The van der Waals surface area contributed by atoms with Gasteiger partial charge < -0.3 is 4.90 Å². The minimum atomic E-state index is -4.49. The number of aromatic nitrogens is 3. The maximum atomic E-state index is 12.6. The summed E-state index contributed by atoms with van der Waals surface area (Å²) in [5.74, 6) is 0.375. The van der Waals surface area contributed by atoms with Crippen LogP contribution in [0.25, 0.3) is 10.6 Å². The van der Waals surface area contributed by atoms with Crippen LogP contribution in [0, 0.1) is 6.92 Å². The summed E-state index contributed by atoms with van der Waals surface area (Å²) in [6, 6.07) is 12.0. The Labute approximate surface area is 153 Å². The highest BCUT2D eigenvalue weighted by molar-refractivity contribution is 7.15. The summed E-state index contributed by atoms with van der Waals surface area (Å²) < 4.78 is 37.9. The van der Waals surface area contributed by atoms with Gasteiger partial charge in [-0.15, -0.1) is 21.5 Å². The van der Waals surface area contributed by atoms with E-state index in [9.17, 15) is 13.2 Å². The minimum absolute atomic E-state index is 0.101. The lowest BCUT2D eigenvalue weighted by Crippen LogP contribution is -2.23. The average Bonchev–Trinajstić information content (AvgIpc) is 3.02. The topological polar surface area (TPSA) is 41.9 Å². The Kier molecular flexibility index (Phi) is 4.95. The predicted molar refractivity (Wildman–Crippen MR) is 96.1 cm³/mol. The summed E-state index contributed by atoms with van der Waals surface area (Å²) in [5, 5.41) is 7.93. The lowest BCUT2D eigenvalue weighted by molar-refractivity contribution is -0.141. The molecule has 0 N–H and O–H groups in total. The SMILES string of the molecule is Cc1nc(-c2ccccc2)sc1C(C)N(C)c1ccc(C(F)(F)F)nn1. The lowest BCUT2D eigenvalue weighted by atomic mass is 10.2. The second kappa shape index (κ2) is 7.03. The molecule has 2 heterocycles. The highest BCUT2D eigenvalue weighted by atomic mass is 32.1. The molecule has 0 bridgehead atoms. The molecule has 0 fully saturated rings. The molecule has 0 aliphatic heterocycles. The van der Waals surface area contributed by atoms with Crippen LogP contribution in [0.15, 0.2) is 42.5 Å². The van der Waals surface area contributed by atoms with Crippen molar-refractivity contribution in [1.29, 1.82) is 0 Å². The van der Waals surface area contributed by atoms with Gasteiger partial charge in [0.2, 0.25) is 0 Å². The molecular weight excluding hydrogens is 361 g/mol. The molecule has 0 saturated heterocycles. The molecule has 1 atom stereocenters. The Morgan fingerprint density at radius 3 is 2.31 bits per heavy atom. The first-order chi connectivity index (χ1) is 12.3. The normalized spacial score (nSPS) is 12.8. The zero-order valence-corrected chi connectivity index (χ0v) is 15.3. The van der Waals surface area contributed by atoms with Crippen LogP contribution in [0.2, 0.25) is 0 Å². The van der Waals surface area contributed by atoms with Crippen molar-refractivity contribution in [3.8, 4) is 10.6 Å². The smallest absolute Gasteiger partial charge is 0.351 e. The quantitative estimate of drug-likeness (QED) is 0.632. The molecular formula is C18H17F3N4S. The lowest BCUT2D eigenvalue weighted by Gasteiger charge is -2.25. The van der Waals surface area contributed by atoms with Crippen LogP contribution in [0.1, 0.15) is 29.2 Å². The molecule has 0 spiro atoms. The van der Waals surface area contributed by atoms with Crippen LogP contribution >= 0.6 is 11.3 Å². The van der Waals surface area contributed by atoms with E-state index in [-0.39, 0.29) is 6.04 Å². The maximum Gasteiger partial charge on any atom is 0.435 e. The number of anilines is 1. The third kappa shape index (κ3) is 3.70. The van der Waals surface area contributed by atoms with Gasteiger partial charge in [-0.05, 0) is 26.0 Å². The predicted octanol–water partition coefficient (Wildman–Crippen LogP) is 5.12. The van der Waals surface area contributed by atoms with E-state index in [1.165, 1.54) is 6.07 Å². The molecule has 8 heteroatoms. The molecule has 0 radical (unpaired) electrons. The molecule has 3 aromatic rings. The number of alkyl halides is 3. The van der Waals surface area contributed by atoms with Gasteiger partial charge in [-0.2, -0.15) is 13.2 Å². The van der Waals surface area contributed by atoms with Gasteiger partial charge in [-0.3, -0.25) is 0 Å². The summed E-state index contributed by atoms with van der Waals surface area (Å²) in [4.78, 5) is 7.46. The van der Waals surface area contributed by atoms with Crippen molar-refractivity contribution in [3.05, 3.63) is 58.7 Å². The third-order valence-corrected chi connectivity index (χ3v) is 5.49. The highest BCUT2D eigenvalue weighted by Crippen LogP contribution is 2.35. The molecule has 1 aromatic carbocycles. The van der Waals surface area contributed by atoms with Crippen LogP contribution in [0.5, 0.6) is 0 Å². The molecule has 2 aromatic heterocycles. The maximum absolute atomic E-state index is 12.6. The summed E-state index contributed by atoms with van der Waals surface area (Å²) in [6.45, 7) is 3.90. The van der Waals surface area contributed by atoms with E-state index in [1.807, 2.05) is 44.2 Å². The monoisotopic (exact) mass is 378 g/mol. The Morgan fingerprint density at radius 1 is 1.04 bits per heavy atom. The molecule has 136 valence electrons. The number of nitrogens with zero attached hydrogens (tertiary/aromatic N) is 4.